The summed E-state index contributed by atoms with van der Waals surface area (Å²) >= 11 is 0. The second kappa shape index (κ2) is 6.76. The predicted molar refractivity (Wildman–Crippen MR) is 103 cm³/mol. The zero-order valence-electron chi connectivity index (χ0n) is 15.8. The van der Waals surface area contributed by atoms with E-state index < -0.39 is 0 Å². The Kier molecular flexibility index (Phi) is 4.19. The zero-order valence-corrected chi connectivity index (χ0v) is 15.8. The minimum Gasteiger partial charge on any atom is -0.454 e. The molecule has 1 aliphatic carbocycles. The van der Waals surface area contributed by atoms with Gasteiger partial charge in [0.05, 0.1) is 6.42 Å². The normalized spacial score (nSPS) is 24.0. The summed E-state index contributed by atoms with van der Waals surface area (Å²) in [5.74, 6) is 0.919. The molecule has 2 aromatic carbocycles. The molecule has 29 heavy (non-hydrogen) atoms. The summed E-state index contributed by atoms with van der Waals surface area (Å²) in [7, 11) is 0. The van der Waals surface area contributed by atoms with Gasteiger partial charge in [-0.3, -0.25) is 9.59 Å². The molecule has 1 saturated heterocycles. The van der Waals surface area contributed by atoms with Gasteiger partial charge in [-0.15, -0.1) is 0 Å². The van der Waals surface area contributed by atoms with Crippen LogP contribution in [0.5, 0.6) is 11.5 Å². The van der Waals surface area contributed by atoms with Crippen molar-refractivity contribution in [2.24, 2.45) is 11.3 Å². The highest BCUT2D eigenvalue weighted by molar-refractivity contribution is 5.95. The summed E-state index contributed by atoms with van der Waals surface area (Å²) in [6.45, 7) is 1.46. The highest BCUT2D eigenvalue weighted by atomic mass is 19.1. The van der Waals surface area contributed by atoms with E-state index in [1.54, 1.807) is 30.3 Å². The van der Waals surface area contributed by atoms with Gasteiger partial charge in [0, 0.05) is 36.2 Å². The summed E-state index contributed by atoms with van der Waals surface area (Å²) in [5, 5.41) is 2.96. The van der Waals surface area contributed by atoms with E-state index in [2.05, 4.69) is 5.32 Å². The Balaban J connectivity index is 1.18. The molecule has 0 unspecified atom stereocenters. The molecule has 1 saturated carbocycles. The lowest BCUT2D eigenvalue weighted by molar-refractivity contribution is -0.129. The van der Waals surface area contributed by atoms with Gasteiger partial charge in [0.1, 0.15) is 5.82 Å². The van der Waals surface area contributed by atoms with Gasteiger partial charge in [0.15, 0.2) is 11.5 Å². The highest BCUT2D eigenvalue weighted by Gasteiger charge is 2.61. The molecule has 5 rings (SSSR count). The Labute approximate surface area is 167 Å². The number of carbonyl (C=O) groups is 2. The van der Waals surface area contributed by atoms with Crippen LogP contribution in [0.25, 0.3) is 0 Å². The number of amides is 2. The average molecular weight is 396 g/mol. The smallest absolute Gasteiger partial charge is 0.231 e. The number of halogens is 1. The van der Waals surface area contributed by atoms with Crippen LogP contribution in [-0.2, 0) is 16.0 Å². The second-order valence-corrected chi connectivity index (χ2v) is 8.04. The van der Waals surface area contributed by atoms with Crippen LogP contribution >= 0.6 is 0 Å². The van der Waals surface area contributed by atoms with E-state index in [-0.39, 0.29) is 42.2 Å². The number of carbonyl (C=O) groups excluding carboxylic acids is 2. The largest absolute Gasteiger partial charge is 0.454 e. The molecular weight excluding hydrogens is 375 g/mol. The van der Waals surface area contributed by atoms with Crippen LogP contribution in [0.1, 0.15) is 18.4 Å². The van der Waals surface area contributed by atoms with Crippen molar-refractivity contribution >= 4 is 17.5 Å². The molecule has 2 heterocycles. The third-order valence-corrected chi connectivity index (χ3v) is 6.15. The number of anilines is 1. The van der Waals surface area contributed by atoms with Crippen molar-refractivity contribution in [2.45, 2.75) is 19.3 Å². The minimum absolute atomic E-state index is 0.0169. The lowest BCUT2D eigenvalue weighted by Crippen LogP contribution is -2.31. The first-order valence-corrected chi connectivity index (χ1v) is 9.75. The summed E-state index contributed by atoms with van der Waals surface area (Å²) in [5.41, 5.74) is 1.37. The van der Waals surface area contributed by atoms with Gasteiger partial charge in [-0.2, -0.15) is 0 Å². The Hall–Kier alpha value is -3.09. The topological polar surface area (TPSA) is 67.9 Å². The van der Waals surface area contributed by atoms with Crippen molar-refractivity contribution in [2.75, 3.05) is 25.2 Å². The first-order valence-electron chi connectivity index (χ1n) is 9.75. The summed E-state index contributed by atoms with van der Waals surface area (Å²) in [6.07, 6.45) is 1.88. The van der Waals surface area contributed by atoms with E-state index in [0.29, 0.717) is 30.3 Å². The molecule has 2 fully saturated rings. The van der Waals surface area contributed by atoms with Gasteiger partial charge >= 0.3 is 0 Å². The maximum Gasteiger partial charge on any atom is 0.231 e. The third kappa shape index (κ3) is 3.41. The van der Waals surface area contributed by atoms with E-state index in [9.17, 15) is 14.0 Å². The molecule has 150 valence electrons. The fourth-order valence-electron chi connectivity index (χ4n) is 4.37. The van der Waals surface area contributed by atoms with Gasteiger partial charge in [-0.1, -0.05) is 12.1 Å². The first kappa shape index (κ1) is 18.0. The lowest BCUT2D eigenvalue weighted by atomic mass is 10.0. The third-order valence-electron chi connectivity index (χ3n) is 6.15. The number of benzene rings is 2. The SMILES string of the molecule is O=C(Nc1ccc2c(c1)OCO2)[C@@H]1C[C@]12CCN(C(=O)Cc1ccc(F)cc1)C2. The van der Waals surface area contributed by atoms with Crippen LogP contribution in [0, 0.1) is 17.2 Å². The molecule has 2 aliphatic heterocycles. The number of likely N-dealkylation sites (tertiary alicyclic amines) is 1. The van der Waals surface area contributed by atoms with Crippen LogP contribution in [0.3, 0.4) is 0 Å². The molecule has 0 radical (unpaired) electrons. The van der Waals surface area contributed by atoms with E-state index in [1.165, 1.54) is 12.1 Å². The Bertz CT molecular complexity index is 977. The maximum absolute atomic E-state index is 13.0. The summed E-state index contributed by atoms with van der Waals surface area (Å²) < 4.78 is 23.7. The van der Waals surface area contributed by atoms with E-state index in [4.69, 9.17) is 9.47 Å². The van der Waals surface area contributed by atoms with Crippen molar-refractivity contribution in [1.29, 1.82) is 0 Å². The van der Waals surface area contributed by atoms with Gasteiger partial charge in [0.2, 0.25) is 18.6 Å². The summed E-state index contributed by atoms with van der Waals surface area (Å²) in [6, 6.07) is 11.4. The fraction of sp³-hybridized carbons (Fsp3) is 0.364. The van der Waals surface area contributed by atoms with Gasteiger partial charge in [-0.05, 0) is 42.7 Å². The van der Waals surface area contributed by atoms with Crippen LogP contribution < -0.4 is 14.8 Å². The molecule has 2 aromatic rings. The van der Waals surface area contributed by atoms with E-state index in [0.717, 1.165) is 18.4 Å². The van der Waals surface area contributed by atoms with Crippen molar-refractivity contribution in [3.63, 3.8) is 0 Å². The van der Waals surface area contributed by atoms with Crippen molar-refractivity contribution < 1.29 is 23.5 Å². The van der Waals surface area contributed by atoms with Crippen LogP contribution in [0.4, 0.5) is 10.1 Å². The molecule has 2 amide bonds. The second-order valence-electron chi connectivity index (χ2n) is 8.04. The molecule has 6 nitrogen and oxygen atoms in total. The van der Waals surface area contributed by atoms with Crippen LogP contribution in [-0.4, -0.2) is 36.6 Å². The standard InChI is InChI=1S/C22H21FN2O4/c23-15-3-1-14(2-4-15)9-20(26)25-8-7-22(12-25)11-17(22)21(27)24-16-5-6-18-19(10-16)29-13-28-18/h1-6,10,17H,7-9,11-13H2,(H,24,27)/t17-,22-/m0/s1. The number of rotatable bonds is 4. The average Bonchev–Trinajstić information content (AvgIpc) is 3.02. The molecule has 2 atom stereocenters. The van der Waals surface area contributed by atoms with Gasteiger partial charge < -0.3 is 19.7 Å². The lowest BCUT2D eigenvalue weighted by Gasteiger charge is -2.17. The number of nitrogens with one attached hydrogen (secondary N) is 1. The maximum atomic E-state index is 13.0. The molecule has 0 aromatic heterocycles. The minimum atomic E-state index is -0.310. The van der Waals surface area contributed by atoms with Crippen molar-refractivity contribution in [3.05, 3.63) is 53.8 Å². The summed E-state index contributed by atoms with van der Waals surface area (Å²) in [4.78, 5) is 27.1. The van der Waals surface area contributed by atoms with E-state index in [1.807, 2.05) is 4.90 Å². The molecule has 7 heteroatoms. The van der Waals surface area contributed by atoms with Crippen molar-refractivity contribution in [3.8, 4) is 11.5 Å². The highest BCUT2D eigenvalue weighted by Crippen LogP contribution is 2.58. The first-order chi connectivity index (χ1) is 14.0. The number of nitrogens with zero attached hydrogens (tertiary/aromatic N) is 1. The van der Waals surface area contributed by atoms with Crippen molar-refractivity contribution in [1.82, 2.24) is 4.90 Å². The Morgan fingerprint density at radius 3 is 2.76 bits per heavy atom. The number of fused-ring (bicyclic) bond motifs is 1. The Morgan fingerprint density at radius 2 is 1.93 bits per heavy atom. The molecule has 1 spiro atoms. The number of hydrogen-bond donors (Lipinski definition) is 1. The molecule has 3 aliphatic rings. The number of ether oxygens (including phenoxy) is 2. The molecular formula is C22H21FN2O4. The number of hydrogen-bond acceptors (Lipinski definition) is 4. The van der Waals surface area contributed by atoms with Gasteiger partial charge in [0.25, 0.3) is 0 Å². The van der Waals surface area contributed by atoms with E-state index >= 15 is 0 Å². The molecule has 0 bridgehead atoms. The zero-order chi connectivity index (χ0) is 20.0. The van der Waals surface area contributed by atoms with Crippen LogP contribution in [0.2, 0.25) is 0 Å². The monoisotopic (exact) mass is 396 g/mol. The quantitative estimate of drug-likeness (QED) is 0.863. The van der Waals surface area contributed by atoms with Crippen LogP contribution in [0.15, 0.2) is 42.5 Å². The fourth-order valence-corrected chi connectivity index (χ4v) is 4.37. The Morgan fingerprint density at radius 1 is 1.14 bits per heavy atom. The molecule has 1 N–H and O–H groups in total. The predicted octanol–water partition coefficient (Wildman–Crippen LogP) is 2.97. The van der Waals surface area contributed by atoms with Gasteiger partial charge in [-0.25, -0.2) is 4.39 Å².